The standard InChI is InChI=1S/C9H15NOS2/c1-13(11)7-5-10-4-2-9-3-6-12-8-9/h3,6,8,10H,2,4-5,7H2,1H3. The molecule has 0 saturated carbocycles. The lowest BCUT2D eigenvalue weighted by Crippen LogP contribution is -2.22. The van der Waals surface area contributed by atoms with E-state index in [1.54, 1.807) is 17.6 Å². The third kappa shape index (κ3) is 5.18. The van der Waals surface area contributed by atoms with Crippen molar-refractivity contribution >= 4 is 22.1 Å². The van der Waals surface area contributed by atoms with Crippen LogP contribution in [0.5, 0.6) is 0 Å². The van der Waals surface area contributed by atoms with Crippen LogP contribution in [0.15, 0.2) is 16.8 Å². The van der Waals surface area contributed by atoms with E-state index < -0.39 is 10.8 Å². The Bertz CT molecular complexity index is 246. The molecule has 0 bridgehead atoms. The van der Waals surface area contributed by atoms with Gasteiger partial charge < -0.3 is 5.32 Å². The highest BCUT2D eigenvalue weighted by molar-refractivity contribution is 7.84. The second-order valence-corrected chi connectivity index (χ2v) is 5.24. The molecule has 2 nitrogen and oxygen atoms in total. The second-order valence-electron chi connectivity index (χ2n) is 2.91. The molecule has 0 spiro atoms. The van der Waals surface area contributed by atoms with E-state index in [-0.39, 0.29) is 0 Å². The van der Waals surface area contributed by atoms with Gasteiger partial charge in [-0.05, 0) is 35.4 Å². The fourth-order valence-corrected chi connectivity index (χ4v) is 2.14. The molecule has 0 amide bonds. The van der Waals surface area contributed by atoms with Crippen molar-refractivity contribution in [1.29, 1.82) is 0 Å². The lowest BCUT2D eigenvalue weighted by Gasteiger charge is -2.01. The van der Waals surface area contributed by atoms with E-state index in [1.165, 1.54) is 5.56 Å². The molecule has 1 aromatic heterocycles. The van der Waals surface area contributed by atoms with Gasteiger partial charge in [0.1, 0.15) is 0 Å². The van der Waals surface area contributed by atoms with Crippen LogP contribution in [-0.2, 0) is 17.2 Å². The minimum absolute atomic E-state index is 0.666. The molecule has 74 valence electrons. The van der Waals surface area contributed by atoms with Crippen molar-refractivity contribution in [2.24, 2.45) is 0 Å². The van der Waals surface area contributed by atoms with E-state index in [1.807, 2.05) is 0 Å². The van der Waals surface area contributed by atoms with E-state index in [2.05, 4.69) is 22.1 Å². The van der Waals surface area contributed by atoms with Gasteiger partial charge in [-0.3, -0.25) is 4.21 Å². The monoisotopic (exact) mass is 217 g/mol. The van der Waals surface area contributed by atoms with Crippen LogP contribution in [0.25, 0.3) is 0 Å². The Hall–Kier alpha value is -0.190. The summed E-state index contributed by atoms with van der Waals surface area (Å²) in [4.78, 5) is 0. The summed E-state index contributed by atoms with van der Waals surface area (Å²) in [6.45, 7) is 1.83. The van der Waals surface area contributed by atoms with Crippen LogP contribution < -0.4 is 5.32 Å². The van der Waals surface area contributed by atoms with Crippen molar-refractivity contribution in [3.63, 3.8) is 0 Å². The van der Waals surface area contributed by atoms with Gasteiger partial charge in [0, 0.05) is 29.4 Å². The number of nitrogens with one attached hydrogen (secondary N) is 1. The molecule has 13 heavy (non-hydrogen) atoms. The molecule has 1 N–H and O–H groups in total. The lowest BCUT2D eigenvalue weighted by atomic mass is 10.2. The van der Waals surface area contributed by atoms with Gasteiger partial charge in [0.15, 0.2) is 0 Å². The summed E-state index contributed by atoms with van der Waals surface area (Å²) in [6, 6.07) is 2.14. The van der Waals surface area contributed by atoms with Gasteiger partial charge in [0.25, 0.3) is 0 Å². The molecule has 4 heteroatoms. The smallest absolute Gasteiger partial charge is 0.0357 e. The van der Waals surface area contributed by atoms with Crippen LogP contribution in [0.4, 0.5) is 0 Å². The first-order valence-corrected chi connectivity index (χ1v) is 6.98. The molecular formula is C9H15NOS2. The number of hydrogen-bond donors (Lipinski definition) is 1. The van der Waals surface area contributed by atoms with Crippen molar-refractivity contribution in [3.05, 3.63) is 22.4 Å². The van der Waals surface area contributed by atoms with Crippen molar-refractivity contribution in [2.45, 2.75) is 6.42 Å². The predicted octanol–water partition coefficient (Wildman–Crippen LogP) is 1.26. The molecule has 0 aliphatic rings. The fraction of sp³-hybridized carbons (Fsp3) is 0.556. The zero-order chi connectivity index (χ0) is 9.52. The molecule has 1 rings (SSSR count). The Morgan fingerprint density at radius 3 is 3.00 bits per heavy atom. The van der Waals surface area contributed by atoms with Crippen LogP contribution in [0, 0.1) is 0 Å². The molecule has 0 aromatic carbocycles. The Labute approximate surface area is 85.8 Å². The molecule has 1 atom stereocenters. The van der Waals surface area contributed by atoms with Gasteiger partial charge in [0.2, 0.25) is 0 Å². The van der Waals surface area contributed by atoms with E-state index in [4.69, 9.17) is 0 Å². The van der Waals surface area contributed by atoms with Crippen molar-refractivity contribution < 1.29 is 4.21 Å². The average molecular weight is 217 g/mol. The third-order valence-corrected chi connectivity index (χ3v) is 3.25. The Morgan fingerprint density at radius 1 is 1.54 bits per heavy atom. The molecule has 0 aliphatic heterocycles. The van der Waals surface area contributed by atoms with Crippen molar-refractivity contribution in [2.75, 3.05) is 25.1 Å². The largest absolute Gasteiger partial charge is 0.315 e. The number of thiophene rings is 1. The number of hydrogen-bond acceptors (Lipinski definition) is 3. The highest BCUT2D eigenvalue weighted by Crippen LogP contribution is 2.05. The Balaban J connectivity index is 1.99. The molecule has 0 aliphatic carbocycles. The average Bonchev–Trinajstić information content (AvgIpc) is 2.55. The van der Waals surface area contributed by atoms with Crippen LogP contribution in [0.2, 0.25) is 0 Å². The van der Waals surface area contributed by atoms with Crippen molar-refractivity contribution in [3.8, 4) is 0 Å². The van der Waals surface area contributed by atoms with Gasteiger partial charge in [-0.1, -0.05) is 0 Å². The molecule has 1 heterocycles. The molecule has 0 radical (unpaired) electrons. The Kier molecular flexibility index (Phi) is 5.27. The van der Waals surface area contributed by atoms with Gasteiger partial charge in [-0.25, -0.2) is 0 Å². The summed E-state index contributed by atoms with van der Waals surface area (Å²) in [6.07, 6.45) is 2.81. The quantitative estimate of drug-likeness (QED) is 0.727. The summed E-state index contributed by atoms with van der Waals surface area (Å²) < 4.78 is 10.7. The second kappa shape index (κ2) is 6.29. The summed E-state index contributed by atoms with van der Waals surface area (Å²) in [5, 5.41) is 7.53. The maximum Gasteiger partial charge on any atom is 0.0357 e. The van der Waals surface area contributed by atoms with Crippen LogP contribution in [-0.4, -0.2) is 29.3 Å². The molecular weight excluding hydrogens is 202 g/mol. The zero-order valence-electron chi connectivity index (χ0n) is 7.79. The molecule has 1 unspecified atom stereocenters. The predicted molar refractivity (Wildman–Crippen MR) is 59.8 cm³/mol. The third-order valence-electron chi connectivity index (χ3n) is 1.74. The van der Waals surface area contributed by atoms with Crippen molar-refractivity contribution in [1.82, 2.24) is 5.32 Å². The maximum absolute atomic E-state index is 10.7. The van der Waals surface area contributed by atoms with Gasteiger partial charge in [-0.15, -0.1) is 0 Å². The normalized spacial score (nSPS) is 13.0. The lowest BCUT2D eigenvalue weighted by molar-refractivity contribution is 0.676. The first-order valence-electron chi connectivity index (χ1n) is 4.31. The van der Waals surface area contributed by atoms with Gasteiger partial charge in [0.05, 0.1) is 0 Å². The van der Waals surface area contributed by atoms with E-state index in [9.17, 15) is 4.21 Å². The van der Waals surface area contributed by atoms with Crippen LogP contribution >= 0.6 is 11.3 Å². The summed E-state index contributed by atoms with van der Waals surface area (Å²) in [7, 11) is -0.666. The SMILES string of the molecule is CS(=O)CCNCCc1ccsc1. The summed E-state index contributed by atoms with van der Waals surface area (Å²) in [5.41, 5.74) is 1.38. The highest BCUT2D eigenvalue weighted by Gasteiger charge is 1.93. The maximum atomic E-state index is 10.7. The molecule has 1 aromatic rings. The summed E-state index contributed by atoms with van der Waals surface area (Å²) in [5.74, 6) is 0.754. The minimum atomic E-state index is -0.666. The van der Waals surface area contributed by atoms with Crippen LogP contribution in [0.3, 0.4) is 0 Å². The zero-order valence-corrected chi connectivity index (χ0v) is 9.42. The highest BCUT2D eigenvalue weighted by atomic mass is 32.2. The van der Waals surface area contributed by atoms with Gasteiger partial charge in [-0.2, -0.15) is 11.3 Å². The van der Waals surface area contributed by atoms with Gasteiger partial charge >= 0.3 is 0 Å². The molecule has 0 saturated heterocycles. The topological polar surface area (TPSA) is 29.1 Å². The van der Waals surface area contributed by atoms with Crippen LogP contribution in [0.1, 0.15) is 5.56 Å². The van der Waals surface area contributed by atoms with E-state index in [0.717, 1.165) is 25.3 Å². The Morgan fingerprint density at radius 2 is 2.38 bits per heavy atom. The first-order chi connectivity index (χ1) is 6.29. The minimum Gasteiger partial charge on any atom is -0.315 e. The fourth-order valence-electron chi connectivity index (χ4n) is 1.01. The summed E-state index contributed by atoms with van der Waals surface area (Å²) >= 11 is 1.73. The van der Waals surface area contributed by atoms with E-state index >= 15 is 0 Å². The first kappa shape index (κ1) is 10.9. The number of rotatable bonds is 6. The molecule has 0 fully saturated rings. The van der Waals surface area contributed by atoms with E-state index in [0.29, 0.717) is 0 Å².